The van der Waals surface area contributed by atoms with Crippen molar-refractivity contribution in [2.75, 3.05) is 12.4 Å². The molecule has 0 bridgehead atoms. The fraction of sp³-hybridized carbons (Fsp3) is 0.167. The molecular weight excluding hydrogens is 157 g/mol. The molecule has 60 valence electrons. The molecule has 0 unspecified atom stereocenters. The Kier molecular flexibility index (Phi) is 2.28. The van der Waals surface area contributed by atoms with E-state index in [-0.39, 0.29) is 17.1 Å². The van der Waals surface area contributed by atoms with E-state index in [9.17, 15) is 4.79 Å². The highest BCUT2D eigenvalue weighted by molar-refractivity contribution is 6.30. The largest absolute Gasteiger partial charge is 0.476 e. The highest BCUT2D eigenvalue weighted by Crippen LogP contribution is 2.04. The van der Waals surface area contributed by atoms with Crippen molar-refractivity contribution in [3.63, 3.8) is 0 Å². The monoisotopic (exact) mass is 163 g/mol. The molecule has 0 atom stereocenters. The van der Waals surface area contributed by atoms with Gasteiger partial charge in [-0.1, -0.05) is 0 Å². The molecule has 12 heavy (non-hydrogen) atoms. The van der Waals surface area contributed by atoms with Crippen molar-refractivity contribution < 1.29 is 9.90 Å². The Balaban J connectivity index is 3.21. The molecule has 0 aliphatic heterocycles. The summed E-state index contributed by atoms with van der Waals surface area (Å²) < 4.78 is 0. The van der Waals surface area contributed by atoms with Gasteiger partial charge in [0.15, 0.2) is 11.5 Å². The summed E-state index contributed by atoms with van der Waals surface area (Å²) in [6.45, 7) is 0. The maximum Gasteiger partial charge on any atom is 0.358 e. The third-order valence-electron chi connectivity index (χ3n) is 1.23. The molecule has 2 radical (unpaired) electrons. The van der Waals surface area contributed by atoms with Gasteiger partial charge < -0.3 is 10.4 Å². The van der Waals surface area contributed by atoms with Gasteiger partial charge >= 0.3 is 5.97 Å². The molecule has 5 nitrogen and oxygen atoms in total. The minimum absolute atomic E-state index is 0.0893. The standard InChI is InChI=1S/C6H6BN3O2/c1-8-5-4(6(11)12)10-3(7)2-9-5/h2H,1H3,(H,8,9)(H,11,12). The van der Waals surface area contributed by atoms with Gasteiger partial charge in [-0.15, -0.1) is 0 Å². The topological polar surface area (TPSA) is 75.1 Å². The second-order valence-electron chi connectivity index (χ2n) is 2.05. The van der Waals surface area contributed by atoms with Gasteiger partial charge in [-0.3, -0.25) is 4.98 Å². The average Bonchev–Trinajstić information content (AvgIpc) is 2.04. The third kappa shape index (κ3) is 1.53. The number of nitrogens with one attached hydrogen (secondary N) is 1. The first-order valence-electron chi connectivity index (χ1n) is 3.18. The Bertz CT molecular complexity index is 316. The molecule has 0 aliphatic carbocycles. The smallest absolute Gasteiger partial charge is 0.358 e. The lowest BCUT2D eigenvalue weighted by atomic mass is 10.1. The van der Waals surface area contributed by atoms with Crippen LogP contribution in [-0.4, -0.2) is 35.9 Å². The minimum Gasteiger partial charge on any atom is -0.476 e. The van der Waals surface area contributed by atoms with E-state index in [1.807, 2.05) is 0 Å². The van der Waals surface area contributed by atoms with E-state index in [0.717, 1.165) is 0 Å². The van der Waals surface area contributed by atoms with Crippen molar-refractivity contribution in [2.45, 2.75) is 0 Å². The van der Waals surface area contributed by atoms with Gasteiger partial charge in [0.25, 0.3) is 0 Å². The quantitative estimate of drug-likeness (QED) is 0.547. The molecule has 2 N–H and O–H groups in total. The van der Waals surface area contributed by atoms with E-state index < -0.39 is 5.97 Å². The van der Waals surface area contributed by atoms with Crippen LogP contribution in [-0.2, 0) is 0 Å². The summed E-state index contributed by atoms with van der Waals surface area (Å²) in [6.07, 6.45) is 1.29. The van der Waals surface area contributed by atoms with Crippen molar-refractivity contribution in [3.8, 4) is 0 Å². The zero-order chi connectivity index (χ0) is 9.14. The van der Waals surface area contributed by atoms with Crippen LogP contribution in [0, 0.1) is 0 Å². The number of aromatic carboxylic acids is 1. The van der Waals surface area contributed by atoms with Crippen molar-refractivity contribution in [1.82, 2.24) is 9.97 Å². The first kappa shape index (κ1) is 8.51. The fourth-order valence-corrected chi connectivity index (χ4v) is 0.735. The van der Waals surface area contributed by atoms with E-state index in [2.05, 4.69) is 15.3 Å². The summed E-state index contributed by atoms with van der Waals surface area (Å²) in [4.78, 5) is 17.9. The minimum atomic E-state index is -1.15. The van der Waals surface area contributed by atoms with Crippen molar-refractivity contribution in [1.29, 1.82) is 0 Å². The number of hydrogen-bond acceptors (Lipinski definition) is 4. The summed E-state index contributed by atoms with van der Waals surface area (Å²) in [5, 5.41) is 11.2. The zero-order valence-electron chi connectivity index (χ0n) is 6.40. The first-order valence-corrected chi connectivity index (χ1v) is 3.18. The number of carboxylic acid groups (broad SMARTS) is 1. The van der Waals surface area contributed by atoms with E-state index in [1.54, 1.807) is 7.05 Å². The highest BCUT2D eigenvalue weighted by Gasteiger charge is 2.11. The number of aromatic nitrogens is 2. The molecule has 0 saturated heterocycles. The maximum atomic E-state index is 10.5. The Morgan fingerprint density at radius 3 is 2.92 bits per heavy atom. The molecule has 0 aromatic carbocycles. The van der Waals surface area contributed by atoms with Crippen LogP contribution in [0.4, 0.5) is 5.82 Å². The van der Waals surface area contributed by atoms with Crippen LogP contribution >= 0.6 is 0 Å². The second kappa shape index (κ2) is 3.21. The summed E-state index contributed by atoms with van der Waals surface area (Å²) in [6, 6.07) is 0. The number of carbonyl (C=O) groups is 1. The number of carboxylic acids is 1. The van der Waals surface area contributed by atoms with E-state index in [0.29, 0.717) is 0 Å². The van der Waals surface area contributed by atoms with Gasteiger partial charge in [0, 0.05) is 18.8 Å². The molecule has 0 saturated carbocycles. The summed E-state index contributed by atoms with van der Waals surface area (Å²) in [5.74, 6) is -0.948. The van der Waals surface area contributed by atoms with Gasteiger partial charge in [0.05, 0.1) is 0 Å². The first-order chi connectivity index (χ1) is 5.65. The molecule has 1 rings (SSSR count). The van der Waals surface area contributed by atoms with Crippen LogP contribution in [0.5, 0.6) is 0 Å². The fourth-order valence-electron chi connectivity index (χ4n) is 0.735. The van der Waals surface area contributed by atoms with Gasteiger partial charge in [0.2, 0.25) is 0 Å². The Morgan fingerprint density at radius 1 is 1.75 bits per heavy atom. The van der Waals surface area contributed by atoms with Crippen LogP contribution in [0.2, 0.25) is 0 Å². The van der Waals surface area contributed by atoms with Crippen LogP contribution in [0.3, 0.4) is 0 Å². The third-order valence-corrected chi connectivity index (χ3v) is 1.23. The van der Waals surface area contributed by atoms with Gasteiger partial charge in [-0.05, 0) is 0 Å². The Hall–Kier alpha value is -1.59. The van der Waals surface area contributed by atoms with Gasteiger partial charge in [-0.25, -0.2) is 9.78 Å². The lowest BCUT2D eigenvalue weighted by Crippen LogP contribution is -2.17. The number of anilines is 1. The summed E-state index contributed by atoms with van der Waals surface area (Å²) in [7, 11) is 6.82. The lowest BCUT2D eigenvalue weighted by molar-refractivity contribution is 0.0691. The number of hydrogen-bond donors (Lipinski definition) is 2. The number of rotatable bonds is 2. The second-order valence-corrected chi connectivity index (χ2v) is 2.05. The average molecular weight is 163 g/mol. The van der Waals surface area contributed by atoms with Crippen molar-refractivity contribution >= 4 is 25.2 Å². The molecule has 1 aromatic rings. The summed E-state index contributed by atoms with van der Waals surface area (Å²) >= 11 is 0. The van der Waals surface area contributed by atoms with Crippen LogP contribution in [0.1, 0.15) is 10.5 Å². The van der Waals surface area contributed by atoms with E-state index >= 15 is 0 Å². The number of nitrogens with zero attached hydrogens (tertiary/aromatic N) is 2. The molecule has 0 fully saturated rings. The van der Waals surface area contributed by atoms with Crippen molar-refractivity contribution in [3.05, 3.63) is 11.9 Å². The molecular formula is C6H6BN3O2. The SMILES string of the molecule is [B]c1cnc(NC)c(C(=O)O)n1. The molecule has 0 aliphatic rings. The molecule has 0 spiro atoms. The van der Waals surface area contributed by atoms with E-state index in [1.165, 1.54) is 6.20 Å². The predicted molar refractivity (Wildman–Crippen MR) is 43.9 cm³/mol. The Labute approximate surface area is 70.3 Å². The lowest BCUT2D eigenvalue weighted by Gasteiger charge is -2.02. The molecule has 0 amide bonds. The summed E-state index contributed by atoms with van der Waals surface area (Å²) in [5.41, 5.74) is -0.0797. The normalized spacial score (nSPS) is 9.42. The van der Waals surface area contributed by atoms with Gasteiger partial charge in [-0.2, -0.15) is 0 Å². The van der Waals surface area contributed by atoms with Crippen LogP contribution < -0.4 is 10.9 Å². The maximum absolute atomic E-state index is 10.5. The Morgan fingerprint density at radius 2 is 2.42 bits per heavy atom. The predicted octanol–water partition coefficient (Wildman–Crippen LogP) is -0.990. The van der Waals surface area contributed by atoms with Gasteiger partial charge in [0.1, 0.15) is 7.85 Å². The van der Waals surface area contributed by atoms with E-state index in [4.69, 9.17) is 13.0 Å². The van der Waals surface area contributed by atoms with Crippen molar-refractivity contribution in [2.24, 2.45) is 0 Å². The van der Waals surface area contributed by atoms with Crippen LogP contribution in [0.15, 0.2) is 6.20 Å². The molecule has 1 heterocycles. The highest BCUT2D eigenvalue weighted by atomic mass is 16.4. The zero-order valence-corrected chi connectivity index (χ0v) is 6.40. The van der Waals surface area contributed by atoms with Crippen LogP contribution in [0.25, 0.3) is 0 Å². The molecule has 1 aromatic heterocycles. The molecule has 6 heteroatoms.